The van der Waals surface area contributed by atoms with Crippen LogP contribution in [0.25, 0.3) is 11.3 Å². The van der Waals surface area contributed by atoms with Gasteiger partial charge in [0.1, 0.15) is 23.4 Å². The molecule has 1 aromatic heterocycles. The van der Waals surface area contributed by atoms with Gasteiger partial charge < -0.3 is 14.9 Å². The molecule has 0 radical (unpaired) electrons. The van der Waals surface area contributed by atoms with E-state index in [4.69, 9.17) is 9.47 Å². The molecule has 1 atom stereocenters. The molecule has 1 saturated heterocycles. The number of aromatic nitrogens is 1. The van der Waals surface area contributed by atoms with Gasteiger partial charge >= 0.3 is 0 Å². The van der Waals surface area contributed by atoms with Crippen molar-refractivity contribution in [2.75, 3.05) is 19.3 Å². The lowest BCUT2D eigenvalue weighted by Crippen LogP contribution is -2.53. The number of hydrogen-bond donors (Lipinski definition) is 0. The summed E-state index contributed by atoms with van der Waals surface area (Å²) in [7, 11) is -1.02. The number of rotatable bonds is 8. The lowest BCUT2D eigenvalue weighted by molar-refractivity contribution is 0.0146. The zero-order valence-corrected chi connectivity index (χ0v) is 20.3. The Morgan fingerprint density at radius 3 is 2.14 bits per heavy atom. The maximum atomic E-state index is 11.5. The topological polar surface area (TPSA) is 83.2 Å². The predicted molar refractivity (Wildman–Crippen MR) is 138 cm³/mol. The first kappa shape index (κ1) is 24.6. The molecule has 0 saturated carbocycles. The van der Waals surface area contributed by atoms with E-state index in [-0.39, 0.29) is 11.6 Å². The third-order valence-corrected chi connectivity index (χ3v) is 6.66. The summed E-state index contributed by atoms with van der Waals surface area (Å²) in [6, 6.07) is 29.8. The molecule has 4 aromatic rings. The molecule has 1 aliphatic rings. The van der Waals surface area contributed by atoms with E-state index in [2.05, 4.69) is 22.0 Å². The molecule has 7 heteroatoms. The molecule has 35 heavy (non-hydrogen) atoms. The molecule has 0 bridgehead atoms. The van der Waals surface area contributed by atoms with Gasteiger partial charge in [0, 0.05) is 37.7 Å². The summed E-state index contributed by atoms with van der Waals surface area (Å²) in [5, 5.41) is 0. The highest BCUT2D eigenvalue weighted by Gasteiger charge is 2.28. The lowest BCUT2D eigenvalue weighted by Gasteiger charge is -2.39. The SMILES string of the molecule is CS(=O)c1ccc(-c2ccc(OC3CN(Cc4ccc(Oc5ccccc5)cc4)C3)cc2)nc1.O. The summed E-state index contributed by atoms with van der Waals surface area (Å²) in [5.74, 6) is 2.55. The maximum Gasteiger partial charge on any atom is 0.127 e. The van der Waals surface area contributed by atoms with Crippen LogP contribution in [0.4, 0.5) is 0 Å². The Morgan fingerprint density at radius 1 is 0.857 bits per heavy atom. The van der Waals surface area contributed by atoms with Crippen LogP contribution in [-0.2, 0) is 17.3 Å². The second-order valence-corrected chi connectivity index (χ2v) is 9.73. The van der Waals surface area contributed by atoms with Gasteiger partial charge in [0.25, 0.3) is 0 Å². The minimum absolute atomic E-state index is 0. The lowest BCUT2D eigenvalue weighted by atomic mass is 10.1. The molecule has 180 valence electrons. The molecule has 1 aliphatic heterocycles. The number of pyridine rings is 1. The first-order valence-corrected chi connectivity index (χ1v) is 12.8. The molecular formula is C28H28N2O4S. The van der Waals surface area contributed by atoms with Crippen LogP contribution in [0.1, 0.15) is 5.56 Å². The van der Waals surface area contributed by atoms with E-state index in [1.54, 1.807) is 12.5 Å². The fourth-order valence-electron chi connectivity index (χ4n) is 3.89. The Balaban J connectivity index is 0.00000289. The van der Waals surface area contributed by atoms with E-state index in [9.17, 15) is 4.21 Å². The summed E-state index contributed by atoms with van der Waals surface area (Å²) >= 11 is 0. The van der Waals surface area contributed by atoms with Gasteiger partial charge in [0.2, 0.25) is 0 Å². The van der Waals surface area contributed by atoms with Crippen molar-refractivity contribution in [1.82, 2.24) is 9.88 Å². The summed E-state index contributed by atoms with van der Waals surface area (Å²) in [6.45, 7) is 2.71. The molecule has 2 heterocycles. The zero-order valence-electron chi connectivity index (χ0n) is 19.5. The van der Waals surface area contributed by atoms with Gasteiger partial charge in [-0.05, 0) is 66.2 Å². The number of benzene rings is 3. The van der Waals surface area contributed by atoms with Crippen LogP contribution in [-0.4, -0.2) is 45.0 Å². The standard InChI is InChI=1S/C28H26N2O3S.H2O/c1-34(31)27-15-16-28(29-17-27)22-9-13-25(14-10-22)33-26-19-30(20-26)18-21-7-11-24(12-8-21)32-23-5-3-2-4-6-23;/h2-17,26H,18-20H2,1H3;1H2. The minimum Gasteiger partial charge on any atom is -0.488 e. The number of likely N-dealkylation sites (tertiary alicyclic amines) is 1. The summed E-state index contributed by atoms with van der Waals surface area (Å²) in [6.07, 6.45) is 3.52. The van der Waals surface area contributed by atoms with E-state index in [1.807, 2.05) is 78.9 Å². The van der Waals surface area contributed by atoms with Gasteiger partial charge in [0.15, 0.2) is 0 Å². The second kappa shape index (κ2) is 11.3. The van der Waals surface area contributed by atoms with Gasteiger partial charge in [-0.3, -0.25) is 14.1 Å². The van der Waals surface area contributed by atoms with Crippen LogP contribution in [0.3, 0.4) is 0 Å². The third-order valence-electron chi connectivity index (χ3n) is 5.75. The fourth-order valence-corrected chi connectivity index (χ4v) is 4.35. The molecule has 0 amide bonds. The Labute approximate surface area is 207 Å². The number of hydrogen-bond acceptors (Lipinski definition) is 5. The van der Waals surface area contributed by atoms with E-state index >= 15 is 0 Å². The minimum atomic E-state index is -1.02. The molecule has 2 N–H and O–H groups in total. The largest absolute Gasteiger partial charge is 0.488 e. The molecule has 1 fully saturated rings. The molecule has 0 spiro atoms. The second-order valence-electron chi connectivity index (χ2n) is 8.35. The van der Waals surface area contributed by atoms with Crippen molar-refractivity contribution < 1.29 is 19.2 Å². The first-order valence-electron chi connectivity index (χ1n) is 11.2. The van der Waals surface area contributed by atoms with Gasteiger partial charge in [-0.2, -0.15) is 0 Å². The van der Waals surface area contributed by atoms with Crippen LogP contribution in [0.15, 0.2) is 102 Å². The average Bonchev–Trinajstić information content (AvgIpc) is 2.85. The van der Waals surface area contributed by atoms with Gasteiger partial charge in [-0.1, -0.05) is 30.3 Å². The average molecular weight is 489 g/mol. The summed E-state index contributed by atoms with van der Waals surface area (Å²) in [4.78, 5) is 7.52. The molecule has 5 rings (SSSR count). The fraction of sp³-hybridized carbons (Fsp3) is 0.179. The Bertz CT molecular complexity index is 1240. The quantitative estimate of drug-likeness (QED) is 0.358. The highest BCUT2D eigenvalue weighted by Crippen LogP contribution is 2.25. The predicted octanol–water partition coefficient (Wildman–Crippen LogP) is 4.72. The van der Waals surface area contributed by atoms with Crippen molar-refractivity contribution in [2.45, 2.75) is 17.5 Å². The van der Waals surface area contributed by atoms with E-state index in [0.29, 0.717) is 0 Å². The summed E-state index contributed by atoms with van der Waals surface area (Å²) < 4.78 is 23.5. The monoisotopic (exact) mass is 488 g/mol. The first-order chi connectivity index (χ1) is 16.6. The van der Waals surface area contributed by atoms with Crippen LogP contribution < -0.4 is 9.47 Å². The number of nitrogens with zero attached hydrogens (tertiary/aromatic N) is 2. The van der Waals surface area contributed by atoms with Crippen molar-refractivity contribution in [2.24, 2.45) is 0 Å². The highest BCUT2D eigenvalue weighted by molar-refractivity contribution is 7.84. The van der Waals surface area contributed by atoms with E-state index in [1.165, 1.54) is 5.56 Å². The number of para-hydroxylation sites is 1. The number of ether oxygens (including phenoxy) is 2. The van der Waals surface area contributed by atoms with Gasteiger partial charge in [-0.25, -0.2) is 0 Å². The Hall–Kier alpha value is -3.52. The van der Waals surface area contributed by atoms with Gasteiger partial charge in [-0.15, -0.1) is 0 Å². The molecular weight excluding hydrogens is 460 g/mol. The van der Waals surface area contributed by atoms with E-state index < -0.39 is 10.8 Å². The van der Waals surface area contributed by atoms with Crippen LogP contribution in [0.2, 0.25) is 0 Å². The van der Waals surface area contributed by atoms with Crippen molar-refractivity contribution >= 4 is 10.8 Å². The molecule has 6 nitrogen and oxygen atoms in total. The van der Waals surface area contributed by atoms with Crippen molar-refractivity contribution in [3.05, 3.63) is 103 Å². The zero-order chi connectivity index (χ0) is 23.3. The maximum absolute atomic E-state index is 11.5. The van der Waals surface area contributed by atoms with E-state index in [0.717, 1.165) is 53.0 Å². The Morgan fingerprint density at radius 2 is 1.51 bits per heavy atom. The van der Waals surface area contributed by atoms with Gasteiger partial charge in [0.05, 0.1) is 21.4 Å². The van der Waals surface area contributed by atoms with Crippen LogP contribution in [0.5, 0.6) is 17.2 Å². The molecule has 0 aliphatic carbocycles. The Kier molecular flexibility index (Phi) is 7.92. The highest BCUT2D eigenvalue weighted by atomic mass is 32.2. The van der Waals surface area contributed by atoms with Crippen molar-refractivity contribution in [3.63, 3.8) is 0 Å². The molecule has 3 aromatic carbocycles. The smallest absolute Gasteiger partial charge is 0.127 e. The van der Waals surface area contributed by atoms with Crippen molar-refractivity contribution in [3.8, 4) is 28.5 Å². The summed E-state index contributed by atoms with van der Waals surface area (Å²) in [5.41, 5.74) is 3.13. The van der Waals surface area contributed by atoms with Crippen molar-refractivity contribution in [1.29, 1.82) is 0 Å². The third kappa shape index (κ3) is 6.33. The van der Waals surface area contributed by atoms with Crippen LogP contribution in [0, 0.1) is 0 Å². The molecule has 1 unspecified atom stereocenters. The van der Waals surface area contributed by atoms with Crippen LogP contribution >= 0.6 is 0 Å². The normalized spacial score (nSPS) is 14.4.